The summed E-state index contributed by atoms with van der Waals surface area (Å²) in [7, 11) is 0. The lowest BCUT2D eigenvalue weighted by molar-refractivity contribution is 0.800. The van der Waals surface area contributed by atoms with Crippen LogP contribution in [-0.4, -0.2) is 15.7 Å². The van der Waals surface area contributed by atoms with Crippen molar-refractivity contribution in [3.05, 3.63) is 47.7 Å². The van der Waals surface area contributed by atoms with Crippen LogP contribution in [0.4, 0.5) is 5.82 Å². The van der Waals surface area contributed by atoms with E-state index in [1.807, 2.05) is 6.92 Å². The summed E-state index contributed by atoms with van der Waals surface area (Å²) >= 11 is 1.68. The van der Waals surface area contributed by atoms with Gasteiger partial charge >= 0.3 is 0 Å². The fourth-order valence-electron chi connectivity index (χ4n) is 1.87. The van der Waals surface area contributed by atoms with E-state index in [1.165, 1.54) is 12.0 Å². The number of rotatable bonds is 6. The van der Waals surface area contributed by atoms with Crippen molar-refractivity contribution in [2.45, 2.75) is 31.3 Å². The SMILES string of the molecule is Cc1cc(N)nc(SCCCCc2ccccc2)n1. The zero-order valence-corrected chi connectivity index (χ0v) is 12.0. The number of anilines is 1. The molecule has 0 saturated carbocycles. The lowest BCUT2D eigenvalue weighted by Crippen LogP contribution is -1.97. The Balaban J connectivity index is 1.69. The van der Waals surface area contributed by atoms with E-state index < -0.39 is 0 Å². The number of thioether (sulfide) groups is 1. The molecule has 1 heterocycles. The Morgan fingerprint density at radius 3 is 2.63 bits per heavy atom. The molecule has 0 spiro atoms. The van der Waals surface area contributed by atoms with Gasteiger partial charge in [-0.3, -0.25) is 0 Å². The average Bonchev–Trinajstić information content (AvgIpc) is 2.38. The monoisotopic (exact) mass is 273 g/mol. The van der Waals surface area contributed by atoms with Gasteiger partial charge < -0.3 is 5.73 Å². The third-order valence-corrected chi connectivity index (χ3v) is 3.72. The van der Waals surface area contributed by atoms with Crippen LogP contribution in [0.1, 0.15) is 24.1 Å². The molecule has 2 N–H and O–H groups in total. The quantitative estimate of drug-likeness (QED) is 0.497. The molecule has 2 aromatic rings. The summed E-state index contributed by atoms with van der Waals surface area (Å²) in [6, 6.07) is 12.4. The highest BCUT2D eigenvalue weighted by molar-refractivity contribution is 7.99. The van der Waals surface area contributed by atoms with Crippen molar-refractivity contribution in [1.29, 1.82) is 0 Å². The van der Waals surface area contributed by atoms with Gasteiger partial charge in [-0.25, -0.2) is 9.97 Å². The Hall–Kier alpha value is -1.55. The van der Waals surface area contributed by atoms with Gasteiger partial charge in [0.2, 0.25) is 0 Å². The molecule has 0 saturated heterocycles. The van der Waals surface area contributed by atoms with E-state index in [1.54, 1.807) is 17.8 Å². The lowest BCUT2D eigenvalue weighted by atomic mass is 10.1. The summed E-state index contributed by atoms with van der Waals surface area (Å²) in [5.74, 6) is 1.59. The predicted molar refractivity (Wildman–Crippen MR) is 81.3 cm³/mol. The molecular weight excluding hydrogens is 254 g/mol. The van der Waals surface area contributed by atoms with Gasteiger partial charge in [-0.1, -0.05) is 42.1 Å². The Labute approximate surface area is 118 Å². The molecule has 2 rings (SSSR count). The molecule has 0 unspecified atom stereocenters. The Morgan fingerprint density at radius 1 is 1.11 bits per heavy atom. The van der Waals surface area contributed by atoms with Crippen LogP contribution in [0, 0.1) is 6.92 Å². The minimum atomic E-state index is 0.555. The summed E-state index contributed by atoms with van der Waals surface area (Å²) in [6.07, 6.45) is 3.49. The highest BCUT2D eigenvalue weighted by Crippen LogP contribution is 2.17. The Morgan fingerprint density at radius 2 is 1.89 bits per heavy atom. The third-order valence-electron chi connectivity index (χ3n) is 2.79. The zero-order valence-electron chi connectivity index (χ0n) is 11.2. The molecule has 0 aliphatic rings. The summed E-state index contributed by atoms with van der Waals surface area (Å²) in [6.45, 7) is 1.94. The van der Waals surface area contributed by atoms with Gasteiger partial charge in [0.15, 0.2) is 5.16 Å². The molecule has 19 heavy (non-hydrogen) atoms. The highest BCUT2D eigenvalue weighted by atomic mass is 32.2. The van der Waals surface area contributed by atoms with E-state index in [-0.39, 0.29) is 0 Å². The second-order valence-electron chi connectivity index (χ2n) is 4.51. The summed E-state index contributed by atoms with van der Waals surface area (Å²) in [5, 5.41) is 0.789. The van der Waals surface area contributed by atoms with Gasteiger partial charge in [-0.15, -0.1) is 0 Å². The van der Waals surface area contributed by atoms with Crippen LogP contribution in [0.5, 0.6) is 0 Å². The van der Waals surface area contributed by atoms with Crippen LogP contribution < -0.4 is 5.73 Å². The molecular formula is C15H19N3S. The maximum absolute atomic E-state index is 5.70. The van der Waals surface area contributed by atoms with Gasteiger partial charge in [-0.05, 0) is 31.7 Å². The summed E-state index contributed by atoms with van der Waals surface area (Å²) in [4.78, 5) is 8.58. The van der Waals surface area contributed by atoms with Crippen molar-refractivity contribution in [1.82, 2.24) is 9.97 Å². The topological polar surface area (TPSA) is 51.8 Å². The molecule has 0 bridgehead atoms. The number of nitrogens with zero attached hydrogens (tertiary/aromatic N) is 2. The maximum Gasteiger partial charge on any atom is 0.189 e. The van der Waals surface area contributed by atoms with Crippen molar-refractivity contribution in [3.8, 4) is 0 Å². The molecule has 0 fully saturated rings. The van der Waals surface area contributed by atoms with Crippen molar-refractivity contribution < 1.29 is 0 Å². The van der Waals surface area contributed by atoms with Crippen molar-refractivity contribution in [2.24, 2.45) is 0 Å². The number of aryl methyl sites for hydroxylation is 2. The number of unbranched alkanes of at least 4 members (excludes halogenated alkanes) is 1. The first kappa shape index (κ1) is 13.9. The lowest BCUT2D eigenvalue weighted by Gasteiger charge is -2.03. The number of hydrogen-bond donors (Lipinski definition) is 1. The van der Waals surface area contributed by atoms with Gasteiger partial charge in [0.1, 0.15) is 5.82 Å². The molecule has 1 aromatic carbocycles. The first-order valence-corrected chi connectivity index (χ1v) is 7.50. The van der Waals surface area contributed by atoms with E-state index >= 15 is 0 Å². The molecule has 4 heteroatoms. The van der Waals surface area contributed by atoms with E-state index in [9.17, 15) is 0 Å². The standard InChI is InChI=1S/C15H19N3S/c1-12-11-14(16)18-15(17-12)19-10-6-5-9-13-7-3-2-4-8-13/h2-4,7-8,11H,5-6,9-10H2,1H3,(H2,16,17,18). The van der Waals surface area contributed by atoms with Crippen LogP contribution in [0.3, 0.4) is 0 Å². The molecule has 0 radical (unpaired) electrons. The average molecular weight is 273 g/mol. The second-order valence-corrected chi connectivity index (χ2v) is 5.57. The molecule has 0 atom stereocenters. The molecule has 100 valence electrons. The van der Waals surface area contributed by atoms with Crippen LogP contribution >= 0.6 is 11.8 Å². The normalized spacial score (nSPS) is 10.6. The molecule has 1 aromatic heterocycles. The van der Waals surface area contributed by atoms with Crippen LogP contribution in [0.25, 0.3) is 0 Å². The molecule has 0 amide bonds. The van der Waals surface area contributed by atoms with Crippen LogP contribution in [0.2, 0.25) is 0 Å². The summed E-state index contributed by atoms with van der Waals surface area (Å²) < 4.78 is 0. The first-order chi connectivity index (χ1) is 9.24. The van der Waals surface area contributed by atoms with Crippen molar-refractivity contribution in [2.75, 3.05) is 11.5 Å². The zero-order chi connectivity index (χ0) is 13.5. The first-order valence-electron chi connectivity index (χ1n) is 6.52. The van der Waals surface area contributed by atoms with E-state index in [4.69, 9.17) is 5.73 Å². The van der Waals surface area contributed by atoms with E-state index in [0.717, 1.165) is 29.4 Å². The van der Waals surface area contributed by atoms with Crippen molar-refractivity contribution >= 4 is 17.6 Å². The van der Waals surface area contributed by atoms with Crippen LogP contribution in [-0.2, 0) is 6.42 Å². The van der Waals surface area contributed by atoms with Gasteiger partial charge in [0, 0.05) is 17.5 Å². The number of benzene rings is 1. The minimum absolute atomic E-state index is 0.555. The Bertz CT molecular complexity index is 494. The summed E-state index contributed by atoms with van der Waals surface area (Å²) in [5.41, 5.74) is 8.04. The fraction of sp³-hybridized carbons (Fsp3) is 0.333. The number of nitrogens with two attached hydrogens (primary N) is 1. The number of aromatic nitrogens is 2. The predicted octanol–water partition coefficient (Wildman–Crippen LogP) is 3.48. The van der Waals surface area contributed by atoms with E-state index in [0.29, 0.717) is 5.82 Å². The molecule has 0 aliphatic heterocycles. The molecule has 0 aliphatic carbocycles. The minimum Gasteiger partial charge on any atom is -0.384 e. The van der Waals surface area contributed by atoms with Gasteiger partial charge in [0.25, 0.3) is 0 Å². The number of nitrogen functional groups attached to an aromatic ring is 1. The number of hydrogen-bond acceptors (Lipinski definition) is 4. The Kier molecular flexibility index (Phi) is 5.21. The smallest absolute Gasteiger partial charge is 0.189 e. The van der Waals surface area contributed by atoms with Gasteiger partial charge in [-0.2, -0.15) is 0 Å². The second kappa shape index (κ2) is 7.14. The van der Waals surface area contributed by atoms with Crippen molar-refractivity contribution in [3.63, 3.8) is 0 Å². The van der Waals surface area contributed by atoms with Crippen LogP contribution in [0.15, 0.2) is 41.6 Å². The van der Waals surface area contributed by atoms with Gasteiger partial charge in [0.05, 0.1) is 0 Å². The third kappa shape index (κ3) is 4.91. The largest absolute Gasteiger partial charge is 0.384 e. The maximum atomic E-state index is 5.70. The molecule has 3 nitrogen and oxygen atoms in total. The highest BCUT2D eigenvalue weighted by Gasteiger charge is 2.01. The van der Waals surface area contributed by atoms with E-state index in [2.05, 4.69) is 40.3 Å². The fourth-order valence-corrected chi connectivity index (χ4v) is 2.78.